The lowest BCUT2D eigenvalue weighted by atomic mass is 10.0. The highest BCUT2D eigenvalue weighted by Crippen LogP contribution is 2.63. The minimum absolute atomic E-state index is 0.189. The van der Waals surface area contributed by atoms with Crippen molar-refractivity contribution < 1.29 is 11.7 Å². The summed E-state index contributed by atoms with van der Waals surface area (Å²) in [5, 5.41) is 0. The maximum absolute atomic E-state index is 12.7. The van der Waals surface area contributed by atoms with Gasteiger partial charge in [0.1, 0.15) is 0 Å². The topological polar surface area (TPSA) is 0 Å². The van der Waals surface area contributed by atoms with E-state index in [-0.39, 0.29) is 5.56 Å². The highest BCUT2D eigenvalue weighted by molar-refractivity contribution is 8.28. The van der Waals surface area contributed by atoms with Crippen molar-refractivity contribution in [1.29, 1.82) is 0 Å². The molecule has 0 bridgehead atoms. The van der Waals surface area contributed by atoms with Gasteiger partial charge in [-0.25, -0.2) is 0 Å². The molecule has 0 saturated carbocycles. The summed E-state index contributed by atoms with van der Waals surface area (Å²) in [6.07, 6.45) is 0.694. The van der Waals surface area contributed by atoms with E-state index < -0.39 is 16.1 Å². The zero-order valence-corrected chi connectivity index (χ0v) is 10.8. The van der Waals surface area contributed by atoms with Crippen LogP contribution in [-0.2, 0) is 6.42 Å². The van der Waals surface area contributed by atoms with Gasteiger partial charge in [-0.2, -0.15) is 0 Å². The first kappa shape index (κ1) is 12.4. The smallest absolute Gasteiger partial charge is 0.120 e. The first-order valence-electron chi connectivity index (χ1n) is 5.79. The number of hydrogen-bond acceptors (Lipinski definition) is 0. The zero-order valence-electron chi connectivity index (χ0n) is 10.00. The zero-order chi connectivity index (χ0) is 13.6. The van der Waals surface area contributed by atoms with Crippen molar-refractivity contribution in [3.05, 3.63) is 65.7 Å². The van der Waals surface area contributed by atoms with Crippen LogP contribution < -0.4 is 0 Å². The van der Waals surface area contributed by atoms with Gasteiger partial charge in [-0.1, -0.05) is 43.0 Å². The Kier molecular flexibility index (Phi) is 2.71. The summed E-state index contributed by atoms with van der Waals surface area (Å²) in [6, 6.07) is 12.8. The molecule has 0 radical (unpaired) electrons. The molecule has 0 amide bonds. The average Bonchev–Trinajstić information content (AvgIpc) is 2.74. The number of hydrogen-bond donors (Lipinski definition) is 0. The molecule has 19 heavy (non-hydrogen) atoms. The van der Waals surface area contributed by atoms with Crippen molar-refractivity contribution in [2.24, 2.45) is 0 Å². The van der Waals surface area contributed by atoms with Crippen molar-refractivity contribution in [3.8, 4) is 11.1 Å². The van der Waals surface area contributed by atoms with Gasteiger partial charge in [-0.05, 0) is 40.3 Å². The highest BCUT2D eigenvalue weighted by atomic mass is 32.3. The predicted molar refractivity (Wildman–Crippen MR) is 74.6 cm³/mol. The molecular weight excluding hydrogens is 269 g/mol. The fourth-order valence-electron chi connectivity index (χ4n) is 2.45. The molecule has 4 heteroatoms. The van der Waals surface area contributed by atoms with Gasteiger partial charge in [0.25, 0.3) is 0 Å². The molecule has 0 aromatic heterocycles. The van der Waals surface area contributed by atoms with Crippen LogP contribution in [0.15, 0.2) is 49.0 Å². The van der Waals surface area contributed by atoms with Crippen molar-refractivity contribution in [2.45, 2.75) is 6.42 Å². The van der Waals surface area contributed by atoms with Gasteiger partial charge in [-0.3, -0.25) is 0 Å². The third-order valence-corrected chi connectivity index (χ3v) is 4.19. The monoisotopic (exact) mass is 280 g/mol. The van der Waals surface area contributed by atoms with Crippen molar-refractivity contribution in [3.63, 3.8) is 0 Å². The van der Waals surface area contributed by atoms with Crippen molar-refractivity contribution in [2.75, 3.05) is 0 Å². The van der Waals surface area contributed by atoms with Gasteiger partial charge in [0.15, 0.2) is 0 Å². The molecule has 0 spiro atoms. The van der Waals surface area contributed by atoms with E-state index in [1.54, 1.807) is 12.1 Å². The normalized spacial score (nSPS) is 13.8. The van der Waals surface area contributed by atoms with Crippen molar-refractivity contribution >= 4 is 16.1 Å². The van der Waals surface area contributed by atoms with Gasteiger partial charge in [0.2, 0.25) is 11.2 Å². The lowest BCUT2D eigenvalue weighted by molar-refractivity contribution is 0.656. The summed E-state index contributed by atoms with van der Waals surface area (Å²) in [4.78, 5) is -0.703. The molecule has 0 fully saturated rings. The molecule has 0 aliphatic heterocycles. The van der Waals surface area contributed by atoms with Crippen LogP contribution in [0.5, 0.6) is 0 Å². The first-order chi connectivity index (χ1) is 8.97. The van der Waals surface area contributed by atoms with E-state index in [2.05, 4.69) is 6.58 Å². The van der Waals surface area contributed by atoms with Crippen molar-refractivity contribution in [1.82, 2.24) is 0 Å². The van der Waals surface area contributed by atoms with Crippen LogP contribution >= 0.6 is 11.2 Å². The molecular formula is C15H11F3S. The summed E-state index contributed by atoms with van der Waals surface area (Å²) in [5.74, 6) is 0. The number of rotatable bonds is 2. The van der Waals surface area contributed by atoms with E-state index in [9.17, 15) is 11.7 Å². The molecule has 0 heterocycles. The Morgan fingerprint density at radius 1 is 0.947 bits per heavy atom. The second kappa shape index (κ2) is 4.17. The van der Waals surface area contributed by atoms with E-state index in [1.807, 2.05) is 24.3 Å². The molecule has 0 saturated heterocycles. The summed E-state index contributed by atoms with van der Waals surface area (Å²) in [5.41, 5.74) is 4.45. The van der Waals surface area contributed by atoms with Crippen LogP contribution in [-0.4, -0.2) is 0 Å². The summed E-state index contributed by atoms with van der Waals surface area (Å²) in [6.45, 7) is 3.18. The Morgan fingerprint density at radius 2 is 1.63 bits per heavy atom. The summed E-state index contributed by atoms with van der Waals surface area (Å²) in [7, 11) is 0. The molecule has 98 valence electrons. The van der Waals surface area contributed by atoms with Crippen LogP contribution in [0.1, 0.15) is 16.7 Å². The molecule has 3 rings (SSSR count). The van der Waals surface area contributed by atoms with Crippen LogP contribution in [0.3, 0.4) is 0 Å². The van der Waals surface area contributed by atoms with Gasteiger partial charge < -0.3 is 0 Å². The largest absolute Gasteiger partial charge is 0.237 e. The quantitative estimate of drug-likeness (QED) is 0.566. The van der Waals surface area contributed by atoms with Crippen LogP contribution in [0.2, 0.25) is 0 Å². The average molecular weight is 280 g/mol. The SMILES string of the molecule is C=C(c1ccc2c(c1)Cc1ccccc1-2)S(F)(F)F. The lowest BCUT2D eigenvalue weighted by Gasteiger charge is -2.14. The lowest BCUT2D eigenvalue weighted by Crippen LogP contribution is -1.88. The Bertz CT molecular complexity index is 671. The van der Waals surface area contributed by atoms with E-state index in [0.29, 0.717) is 6.42 Å². The minimum atomic E-state index is -5.24. The molecule has 0 nitrogen and oxygen atoms in total. The van der Waals surface area contributed by atoms with Crippen LogP contribution in [0.25, 0.3) is 16.0 Å². The second-order valence-corrected chi connectivity index (χ2v) is 5.84. The highest BCUT2D eigenvalue weighted by Gasteiger charge is 2.28. The van der Waals surface area contributed by atoms with Gasteiger partial charge >= 0.3 is 0 Å². The fourth-order valence-corrected chi connectivity index (χ4v) is 2.85. The van der Waals surface area contributed by atoms with Gasteiger partial charge in [-0.15, -0.1) is 11.7 Å². The van der Waals surface area contributed by atoms with Crippen LogP contribution in [0, 0.1) is 0 Å². The third kappa shape index (κ3) is 2.06. The minimum Gasteiger partial charge on any atom is -0.120 e. The maximum Gasteiger partial charge on any atom is 0.237 e. The first-order valence-corrected chi connectivity index (χ1v) is 7.13. The number of halogens is 3. The van der Waals surface area contributed by atoms with Gasteiger partial charge in [0.05, 0.1) is 4.91 Å². The summed E-state index contributed by atoms with van der Waals surface area (Å²) < 4.78 is 38.2. The second-order valence-electron chi connectivity index (χ2n) is 4.54. The van der Waals surface area contributed by atoms with E-state index >= 15 is 0 Å². The molecule has 0 atom stereocenters. The molecule has 2 aromatic rings. The fraction of sp³-hybridized carbons (Fsp3) is 0.0667. The Labute approximate surface area is 111 Å². The number of benzene rings is 2. The molecule has 2 aromatic carbocycles. The van der Waals surface area contributed by atoms with E-state index in [4.69, 9.17) is 0 Å². The van der Waals surface area contributed by atoms with Crippen LogP contribution in [0.4, 0.5) is 11.7 Å². The maximum atomic E-state index is 12.7. The predicted octanol–water partition coefficient (Wildman–Crippen LogP) is 5.69. The summed E-state index contributed by atoms with van der Waals surface area (Å²) >= 11 is -5.24. The molecule has 0 N–H and O–H groups in total. The Balaban J connectivity index is 2.05. The van der Waals surface area contributed by atoms with E-state index in [0.717, 1.165) is 16.7 Å². The molecule has 1 aliphatic carbocycles. The van der Waals surface area contributed by atoms with E-state index in [1.165, 1.54) is 11.6 Å². The molecule has 1 aliphatic rings. The Morgan fingerprint density at radius 3 is 2.37 bits per heavy atom. The standard InChI is InChI=1S/C15H11F3S/c1-10(19(16,17)18)11-6-7-15-13(8-11)9-12-4-2-3-5-14(12)15/h2-8H,1,9H2. The van der Waals surface area contributed by atoms with Gasteiger partial charge in [0, 0.05) is 0 Å². The number of fused-ring (bicyclic) bond motifs is 3. The third-order valence-electron chi connectivity index (χ3n) is 3.40. The molecule has 0 unspecified atom stereocenters. The Hall–Kier alpha value is -1.68.